The maximum atomic E-state index is 13.4. The monoisotopic (exact) mass is 780 g/mol. The van der Waals surface area contributed by atoms with Gasteiger partial charge in [-0.25, -0.2) is 9.13 Å². The molecule has 1 aromatic rings. The van der Waals surface area contributed by atoms with E-state index in [1.807, 2.05) is 0 Å². The summed E-state index contributed by atoms with van der Waals surface area (Å²) < 4.78 is 227. The minimum absolute atomic E-state index is 1.18. The van der Waals surface area contributed by atoms with Gasteiger partial charge in [0.1, 0.15) is 12.4 Å². The van der Waals surface area contributed by atoms with Crippen LogP contribution in [0, 0.1) is 0 Å². The summed E-state index contributed by atoms with van der Waals surface area (Å²) in [5.74, 6) is 0. The molecule has 0 fully saturated rings. The molecule has 0 unspecified atom stereocenters. The number of hydrogen-bond donors (Lipinski definition) is 0. The van der Waals surface area contributed by atoms with Gasteiger partial charge in [-0.2, -0.15) is 0 Å². The molecule has 1 rings (SSSR count). The average molecular weight is 781 g/mol. The van der Waals surface area contributed by atoms with Crippen molar-refractivity contribution in [3.05, 3.63) is 18.7 Å². The van der Waals surface area contributed by atoms with E-state index in [1.165, 1.54) is 109 Å². The Kier molecular flexibility index (Phi) is 16.3. The number of imidazole rings is 1. The summed E-state index contributed by atoms with van der Waals surface area (Å²) in [5.41, 5.74) is -29.3. The van der Waals surface area contributed by atoms with Gasteiger partial charge in [0, 0.05) is 0 Å². The van der Waals surface area contributed by atoms with Crippen LogP contribution in [0.1, 0.15) is 110 Å². The van der Waals surface area contributed by atoms with E-state index in [0.717, 1.165) is 0 Å². The molecule has 0 bridgehead atoms. The first kappa shape index (κ1) is 47.4. The van der Waals surface area contributed by atoms with Crippen LogP contribution in [0.3, 0.4) is 0 Å². The minimum atomic E-state index is -15.0. The molecule has 0 saturated carbocycles. The molecule has 1 aromatic heterocycles. The second kappa shape index (κ2) is 16.8. The van der Waals surface area contributed by atoms with Crippen molar-refractivity contribution in [1.82, 2.24) is 4.57 Å². The van der Waals surface area contributed by atoms with E-state index in [4.69, 9.17) is 0 Å². The number of aromatic nitrogens is 2. The van der Waals surface area contributed by atoms with Crippen molar-refractivity contribution >= 4 is 6.88 Å². The molecule has 0 atom stereocenters. The van der Waals surface area contributed by atoms with Crippen LogP contribution in [-0.2, 0) is 13.6 Å². The van der Waals surface area contributed by atoms with Gasteiger partial charge < -0.3 is 0 Å². The van der Waals surface area contributed by atoms with Crippen LogP contribution in [0.5, 0.6) is 0 Å². The van der Waals surface area contributed by atoms with Gasteiger partial charge in [-0.05, 0) is 12.8 Å². The van der Waals surface area contributed by atoms with Crippen molar-refractivity contribution in [1.29, 1.82) is 0 Å². The van der Waals surface area contributed by atoms with E-state index in [2.05, 4.69) is 41.8 Å². The summed E-state index contributed by atoms with van der Waals surface area (Å²) >= 11 is 0. The Morgan fingerprint density at radius 3 is 0.959 bits per heavy atom. The van der Waals surface area contributed by atoms with E-state index < -0.39 is 42.4 Å². The Balaban J connectivity index is 0.000000941. The molecule has 49 heavy (non-hydrogen) atoms. The predicted molar refractivity (Wildman–Crippen MR) is 148 cm³/mol. The zero-order chi connectivity index (χ0) is 38.7. The fraction of sp³-hybridized carbons (Fsp3) is 0.893. The standard InChI is InChI=1S/C22H43N2.C6F18P/c1-3-4-5-6-7-8-9-10-11-12-13-14-15-16-17-18-19-24-21-20-23(2)22-24;7-1(8,9)4(16,17)25(22,23,24,5(18,19)2(10,11)12)6(20,21)3(13,14)15/h20-22H,3-19H2,1-2H3;/q+1;-1. The Morgan fingerprint density at radius 1 is 0.469 bits per heavy atom. The third kappa shape index (κ3) is 9.63. The second-order valence-electron chi connectivity index (χ2n) is 12.0. The summed E-state index contributed by atoms with van der Waals surface area (Å²) in [7, 11) is 2.09. The zero-order valence-corrected chi connectivity index (χ0v) is 27.8. The van der Waals surface area contributed by atoms with E-state index in [0.29, 0.717) is 0 Å². The van der Waals surface area contributed by atoms with E-state index in [1.54, 1.807) is 0 Å². The molecule has 0 aliphatic carbocycles. The van der Waals surface area contributed by atoms with Crippen LogP contribution < -0.4 is 4.57 Å². The normalized spacial score (nSPS) is 15.4. The maximum absolute atomic E-state index is 15.0. The zero-order valence-electron chi connectivity index (χ0n) is 26.9. The van der Waals surface area contributed by atoms with Crippen LogP contribution >= 0.6 is 6.88 Å². The number of nitrogens with zero attached hydrogens (tertiary/aromatic N) is 2. The number of aryl methyl sites for hydroxylation is 2. The van der Waals surface area contributed by atoms with Gasteiger partial charge >= 0.3 is 121 Å². The van der Waals surface area contributed by atoms with Gasteiger partial charge in [-0.1, -0.05) is 96.8 Å². The van der Waals surface area contributed by atoms with Crippen LogP contribution in [0.2, 0.25) is 0 Å². The quantitative estimate of drug-likeness (QED) is 0.0539. The number of rotatable bonds is 20. The first-order valence-electron chi connectivity index (χ1n) is 15.6. The molecule has 0 amide bonds. The third-order valence-corrected chi connectivity index (χ3v) is 12.3. The second-order valence-corrected chi connectivity index (χ2v) is 16.3. The fourth-order valence-corrected chi connectivity index (χ4v) is 7.50. The number of alkyl halides is 15. The summed E-state index contributed by atoms with van der Waals surface area (Å²) in [5, 5.41) is 0. The summed E-state index contributed by atoms with van der Waals surface area (Å²) in [6.07, 6.45) is 3.41. The fourth-order valence-electron chi connectivity index (χ4n) is 4.82. The Morgan fingerprint density at radius 2 is 0.735 bits per heavy atom. The van der Waals surface area contributed by atoms with Gasteiger partial charge in [0.25, 0.3) is 0 Å². The molecule has 21 heteroatoms. The molecule has 1 heterocycles. The van der Waals surface area contributed by atoms with E-state index >= 15 is 0 Å². The first-order chi connectivity index (χ1) is 21.9. The average Bonchev–Trinajstić information content (AvgIpc) is 3.35. The van der Waals surface area contributed by atoms with Crippen LogP contribution in [0.25, 0.3) is 0 Å². The molecule has 0 aliphatic rings. The van der Waals surface area contributed by atoms with Gasteiger partial charge in [0.2, 0.25) is 6.33 Å². The summed E-state index contributed by atoms with van der Waals surface area (Å²) in [6.45, 7) is -11.5. The number of halogens is 18. The van der Waals surface area contributed by atoms with Crippen LogP contribution in [-0.4, -0.2) is 40.1 Å². The van der Waals surface area contributed by atoms with Crippen molar-refractivity contribution in [2.24, 2.45) is 7.05 Å². The molecular weight excluding hydrogens is 737 g/mol. The SMILES string of the molecule is CCCCCCCCCCCCCCCCCCn1cc[n+](C)c1.FC(F)(F)C(F)(F)[P-](F)(F)(F)(C(F)(F)C(F)(F)F)C(F)(F)C(F)(F)F. The number of hydrogen-bond acceptors (Lipinski definition) is 0. The summed E-state index contributed by atoms with van der Waals surface area (Å²) in [6, 6.07) is 0. The molecule has 0 aliphatic heterocycles. The van der Waals surface area contributed by atoms with Gasteiger partial charge in [-0.15, -0.1) is 0 Å². The van der Waals surface area contributed by atoms with E-state index in [9.17, 15) is 78.4 Å². The van der Waals surface area contributed by atoms with Gasteiger partial charge in [-0.3, -0.25) is 0 Å². The van der Waals surface area contributed by atoms with Crippen LogP contribution in [0.15, 0.2) is 18.7 Å². The van der Waals surface area contributed by atoms with Crippen molar-refractivity contribution < 1.29 is 83.0 Å². The molecule has 0 N–H and O–H groups in total. The number of unbranched alkanes of at least 4 members (excludes halogenated alkanes) is 15. The van der Waals surface area contributed by atoms with Crippen molar-refractivity contribution in [2.45, 2.75) is 152 Å². The molecule has 2 nitrogen and oxygen atoms in total. The van der Waals surface area contributed by atoms with Gasteiger partial charge in [0.15, 0.2) is 0 Å². The predicted octanol–water partition coefficient (Wildman–Crippen LogP) is 13.8. The molecule has 0 aromatic carbocycles. The summed E-state index contributed by atoms with van der Waals surface area (Å²) in [4.78, 5) is 0. The van der Waals surface area contributed by atoms with Crippen molar-refractivity contribution in [3.8, 4) is 0 Å². The Bertz CT molecular complexity index is 1040. The molecule has 0 spiro atoms. The molecular formula is C28H43F18N2P. The molecule has 0 saturated heterocycles. The van der Waals surface area contributed by atoms with Crippen molar-refractivity contribution in [3.63, 3.8) is 0 Å². The topological polar surface area (TPSA) is 8.81 Å². The molecule has 0 radical (unpaired) electrons. The van der Waals surface area contributed by atoms with Gasteiger partial charge in [0.05, 0.1) is 13.6 Å². The Labute approximate surface area is 272 Å². The first-order valence-corrected chi connectivity index (χ1v) is 18.0. The van der Waals surface area contributed by atoms with Crippen molar-refractivity contribution in [2.75, 3.05) is 0 Å². The molecule has 296 valence electrons. The Hall–Kier alpha value is -1.62. The third-order valence-electron chi connectivity index (χ3n) is 7.91. The van der Waals surface area contributed by atoms with Crippen LogP contribution in [0.4, 0.5) is 78.4 Å². The van der Waals surface area contributed by atoms with E-state index in [-0.39, 0.29) is 0 Å².